The van der Waals surface area contributed by atoms with Crippen molar-refractivity contribution in [2.45, 2.75) is 44.7 Å². The number of nitrogens with one attached hydrogen (secondary N) is 2. The van der Waals surface area contributed by atoms with Gasteiger partial charge in [-0.15, -0.1) is 0 Å². The van der Waals surface area contributed by atoms with E-state index < -0.39 is 5.82 Å². The smallest absolute Gasteiger partial charge is 0.207 e. The van der Waals surface area contributed by atoms with Crippen LogP contribution < -0.4 is 5.32 Å². The summed E-state index contributed by atoms with van der Waals surface area (Å²) < 4.78 is 26.7. The van der Waals surface area contributed by atoms with Crippen molar-refractivity contribution in [3.63, 3.8) is 0 Å². The van der Waals surface area contributed by atoms with E-state index in [1.54, 1.807) is 12.3 Å². The third-order valence-corrected chi connectivity index (χ3v) is 6.96. The number of nitrogens with zero attached hydrogens (tertiary/aromatic N) is 6. The molecule has 9 nitrogen and oxygen atoms in total. The first-order valence-electron chi connectivity index (χ1n) is 12.8. The summed E-state index contributed by atoms with van der Waals surface area (Å²) in [6, 6.07) is 15.3. The number of fused-ring (bicyclic) bond motifs is 1. The molecule has 202 valence electrons. The van der Waals surface area contributed by atoms with Crippen molar-refractivity contribution in [3.05, 3.63) is 83.8 Å². The summed E-state index contributed by atoms with van der Waals surface area (Å²) in [7, 11) is 0. The summed E-state index contributed by atoms with van der Waals surface area (Å²) >= 11 is 0. The number of pyridine rings is 1. The van der Waals surface area contributed by atoms with Crippen molar-refractivity contribution < 1.29 is 13.6 Å². The third kappa shape index (κ3) is 5.56. The predicted molar refractivity (Wildman–Crippen MR) is 145 cm³/mol. The topological polar surface area (TPSA) is 125 Å². The van der Waals surface area contributed by atoms with Crippen LogP contribution in [0.25, 0.3) is 33.9 Å². The summed E-state index contributed by atoms with van der Waals surface area (Å²) in [5.41, 5.74) is 4.03. The molecule has 0 saturated heterocycles. The molecule has 3 aromatic heterocycles. The lowest BCUT2D eigenvalue weighted by Crippen LogP contribution is -2.34. The third-order valence-electron chi connectivity index (χ3n) is 6.96. The second kappa shape index (κ2) is 11.8. The Morgan fingerprint density at radius 3 is 2.73 bits per heavy atom. The largest absolute Gasteiger partial charge is 0.356 e. The Bertz CT molecular complexity index is 1680. The molecule has 1 aliphatic rings. The first-order valence-corrected chi connectivity index (χ1v) is 12.8. The molecule has 40 heavy (non-hydrogen) atoms. The highest BCUT2D eigenvalue weighted by molar-refractivity contribution is 5.84. The fourth-order valence-corrected chi connectivity index (χ4v) is 5.05. The maximum absolute atomic E-state index is 12.3. The molecular weight excluding hydrogens is 514 g/mol. The molecule has 2 aromatic carbocycles. The Labute approximate surface area is 228 Å². The molecule has 0 aliphatic heterocycles. The van der Waals surface area contributed by atoms with Crippen LogP contribution in [0.15, 0.2) is 61.1 Å². The van der Waals surface area contributed by atoms with Gasteiger partial charge in [0.15, 0.2) is 5.82 Å². The Morgan fingerprint density at radius 1 is 1.15 bits per heavy atom. The second-order valence-corrected chi connectivity index (χ2v) is 9.55. The quantitative estimate of drug-likeness (QED) is 0.293. The number of aromatic amines is 1. The standard InChI is InChI=1S/C22H20N8O.C7H6F2/c23-10-14-4-1-2-7-17(14)22-28-19-11-24-18(21-25-12-27-29-21)9-20(19)30(22)16-6-3-5-15(8-16)26-13-31;1-5-4-6(8)2-3-7(5)9/h1-2,4,7,9,11-13,15-16H,3,5-6,8H2,(H,26,31)(H,25,27,29);2-4H,1H3. The number of imidazole rings is 1. The molecule has 1 saturated carbocycles. The fraction of sp³-hybridized carbons (Fsp3) is 0.241. The second-order valence-electron chi connectivity index (χ2n) is 9.55. The molecule has 11 heteroatoms. The molecule has 2 atom stereocenters. The van der Waals surface area contributed by atoms with Crippen molar-refractivity contribution in [3.8, 4) is 29.0 Å². The van der Waals surface area contributed by atoms with Crippen molar-refractivity contribution in [1.29, 1.82) is 5.26 Å². The van der Waals surface area contributed by atoms with Crippen LogP contribution in [0.1, 0.15) is 42.9 Å². The number of aryl methyl sites for hydroxylation is 1. The van der Waals surface area contributed by atoms with Crippen LogP contribution in [0.3, 0.4) is 0 Å². The minimum absolute atomic E-state index is 0.114. The van der Waals surface area contributed by atoms with E-state index in [1.165, 1.54) is 13.3 Å². The molecule has 6 rings (SSSR count). The lowest BCUT2D eigenvalue weighted by Gasteiger charge is -2.31. The van der Waals surface area contributed by atoms with E-state index in [-0.39, 0.29) is 17.9 Å². The number of carbonyl (C=O) groups excluding carboxylic acids is 1. The first-order chi connectivity index (χ1) is 19.5. The number of hydrogen-bond acceptors (Lipinski definition) is 6. The van der Waals surface area contributed by atoms with Gasteiger partial charge in [-0.25, -0.2) is 18.7 Å². The van der Waals surface area contributed by atoms with Crippen LogP contribution in [-0.2, 0) is 4.79 Å². The van der Waals surface area contributed by atoms with E-state index in [4.69, 9.17) is 4.98 Å². The number of aromatic nitrogens is 6. The van der Waals surface area contributed by atoms with Crippen molar-refractivity contribution in [2.75, 3.05) is 0 Å². The zero-order valence-electron chi connectivity index (χ0n) is 21.7. The van der Waals surface area contributed by atoms with E-state index in [0.29, 0.717) is 22.6 Å². The van der Waals surface area contributed by atoms with Crippen molar-refractivity contribution in [2.24, 2.45) is 0 Å². The molecule has 2 N–H and O–H groups in total. The maximum Gasteiger partial charge on any atom is 0.207 e. The van der Waals surface area contributed by atoms with Gasteiger partial charge in [0.2, 0.25) is 6.41 Å². The van der Waals surface area contributed by atoms with E-state index in [2.05, 4.69) is 36.1 Å². The number of amides is 1. The number of halogens is 2. The van der Waals surface area contributed by atoms with Gasteiger partial charge < -0.3 is 9.88 Å². The first kappa shape index (κ1) is 26.6. The number of H-pyrrole nitrogens is 1. The fourth-order valence-electron chi connectivity index (χ4n) is 5.05. The van der Waals surface area contributed by atoms with Gasteiger partial charge in [0, 0.05) is 17.6 Å². The Balaban J connectivity index is 0.000000306. The SMILES string of the molecule is Cc1cc(F)ccc1F.N#Cc1ccccc1-c1nc2cnc(-c3ncn[nH]3)cc2n1C1CCCC(NC=O)C1. The molecular formula is C29H26F2N8O. The number of hydrogen-bond donors (Lipinski definition) is 2. The van der Waals surface area contributed by atoms with Crippen LogP contribution in [0, 0.1) is 29.9 Å². The number of rotatable bonds is 5. The molecule has 1 aliphatic carbocycles. The van der Waals surface area contributed by atoms with Crippen LogP contribution in [-0.4, -0.2) is 42.2 Å². The monoisotopic (exact) mass is 540 g/mol. The van der Waals surface area contributed by atoms with Gasteiger partial charge in [-0.05, 0) is 74.6 Å². The molecule has 1 amide bonds. The predicted octanol–water partition coefficient (Wildman–Crippen LogP) is 5.26. The Kier molecular flexibility index (Phi) is 7.87. The number of carbonyl (C=O) groups is 1. The van der Waals surface area contributed by atoms with Crippen molar-refractivity contribution >= 4 is 17.4 Å². The molecule has 0 spiro atoms. The van der Waals surface area contributed by atoms with Gasteiger partial charge in [-0.3, -0.25) is 14.9 Å². The zero-order chi connectivity index (χ0) is 28.1. The van der Waals surface area contributed by atoms with E-state index in [0.717, 1.165) is 72.7 Å². The minimum Gasteiger partial charge on any atom is -0.356 e. The summed E-state index contributed by atoms with van der Waals surface area (Å²) in [6.45, 7) is 1.53. The average Bonchev–Trinajstić information content (AvgIpc) is 3.64. The highest BCUT2D eigenvalue weighted by Crippen LogP contribution is 2.37. The van der Waals surface area contributed by atoms with Crippen LogP contribution in [0.5, 0.6) is 0 Å². The molecule has 2 unspecified atom stereocenters. The van der Waals surface area contributed by atoms with Gasteiger partial charge in [-0.2, -0.15) is 10.4 Å². The summed E-state index contributed by atoms with van der Waals surface area (Å²) in [6.07, 6.45) is 7.66. The van der Waals surface area contributed by atoms with Gasteiger partial charge in [0.1, 0.15) is 35.0 Å². The summed E-state index contributed by atoms with van der Waals surface area (Å²) in [5.74, 6) is 0.559. The Morgan fingerprint density at radius 2 is 2.00 bits per heavy atom. The number of benzene rings is 2. The lowest BCUT2D eigenvalue weighted by atomic mass is 9.90. The van der Waals surface area contributed by atoms with E-state index >= 15 is 0 Å². The molecule has 0 bridgehead atoms. The molecule has 3 heterocycles. The highest BCUT2D eigenvalue weighted by atomic mass is 19.1. The Hall–Kier alpha value is -4.98. The highest BCUT2D eigenvalue weighted by Gasteiger charge is 2.28. The molecule has 5 aromatic rings. The maximum atomic E-state index is 12.3. The van der Waals surface area contributed by atoms with Gasteiger partial charge >= 0.3 is 0 Å². The average molecular weight is 541 g/mol. The van der Waals surface area contributed by atoms with E-state index in [1.807, 2.05) is 24.3 Å². The normalized spacial score (nSPS) is 16.6. The van der Waals surface area contributed by atoms with Gasteiger partial charge in [-0.1, -0.05) is 12.1 Å². The summed E-state index contributed by atoms with van der Waals surface area (Å²) in [5, 5.41) is 19.4. The number of nitriles is 1. The zero-order valence-corrected chi connectivity index (χ0v) is 21.7. The van der Waals surface area contributed by atoms with Gasteiger partial charge in [0.25, 0.3) is 0 Å². The van der Waals surface area contributed by atoms with Crippen LogP contribution in [0.2, 0.25) is 0 Å². The molecule has 1 fully saturated rings. The van der Waals surface area contributed by atoms with Crippen LogP contribution in [0.4, 0.5) is 8.78 Å². The summed E-state index contributed by atoms with van der Waals surface area (Å²) in [4.78, 5) is 24.6. The lowest BCUT2D eigenvalue weighted by molar-refractivity contribution is -0.110. The van der Waals surface area contributed by atoms with Crippen LogP contribution >= 0.6 is 0 Å². The van der Waals surface area contributed by atoms with Crippen molar-refractivity contribution in [1.82, 2.24) is 35.0 Å². The van der Waals surface area contributed by atoms with Gasteiger partial charge in [0.05, 0.1) is 23.3 Å². The minimum atomic E-state index is -0.395. The molecule has 0 radical (unpaired) electrons. The van der Waals surface area contributed by atoms with E-state index in [9.17, 15) is 18.8 Å².